The molecule has 110 valence electrons. The van der Waals surface area contributed by atoms with Crippen molar-refractivity contribution in [3.63, 3.8) is 0 Å². The number of hydrogen-bond acceptors (Lipinski definition) is 3. The molecule has 0 aromatic carbocycles. The van der Waals surface area contributed by atoms with Gasteiger partial charge in [0.05, 0.1) is 0 Å². The van der Waals surface area contributed by atoms with Gasteiger partial charge >= 0.3 is 5.97 Å². The molecule has 0 aliphatic heterocycles. The minimum Gasteiger partial charge on any atom is -0.458 e. The van der Waals surface area contributed by atoms with Crippen molar-refractivity contribution < 1.29 is 9.53 Å². The first-order valence-corrected chi connectivity index (χ1v) is 7.28. The molecule has 0 heterocycles. The van der Waals surface area contributed by atoms with Crippen molar-refractivity contribution in [1.82, 2.24) is 5.32 Å². The third kappa shape index (κ3) is 7.70. The number of carbonyl (C=O) groups is 1. The fourth-order valence-corrected chi connectivity index (χ4v) is 1.51. The standard InChI is InChI=1S/C13H27NO2.C2H6/c1-7-13(5,8-2)16-12(15)11(14-6)9-10(3)4;1-2/h10-11,14H,7-9H2,1-6H3;1-2H3. The molecule has 1 unspecified atom stereocenters. The van der Waals surface area contributed by atoms with Gasteiger partial charge in [0.25, 0.3) is 0 Å². The van der Waals surface area contributed by atoms with Crippen LogP contribution in [0.15, 0.2) is 0 Å². The maximum Gasteiger partial charge on any atom is 0.323 e. The van der Waals surface area contributed by atoms with Gasteiger partial charge in [-0.1, -0.05) is 41.5 Å². The van der Waals surface area contributed by atoms with E-state index in [4.69, 9.17) is 4.74 Å². The Labute approximate surface area is 114 Å². The van der Waals surface area contributed by atoms with Gasteiger partial charge in [-0.15, -0.1) is 0 Å². The Morgan fingerprint density at radius 3 is 1.94 bits per heavy atom. The van der Waals surface area contributed by atoms with Gasteiger partial charge in [0.15, 0.2) is 0 Å². The second-order valence-corrected chi connectivity index (χ2v) is 5.05. The third-order valence-corrected chi connectivity index (χ3v) is 3.18. The van der Waals surface area contributed by atoms with Gasteiger partial charge in [0.2, 0.25) is 0 Å². The largest absolute Gasteiger partial charge is 0.458 e. The number of hydrogen-bond donors (Lipinski definition) is 1. The summed E-state index contributed by atoms with van der Waals surface area (Å²) in [6.45, 7) is 14.3. The second-order valence-electron chi connectivity index (χ2n) is 5.05. The SMILES string of the molecule is CC.CCC(C)(CC)OC(=O)C(CC(C)C)NC. The van der Waals surface area contributed by atoms with Crippen LogP contribution in [0.5, 0.6) is 0 Å². The Balaban J connectivity index is 0. The van der Waals surface area contributed by atoms with E-state index in [1.807, 2.05) is 41.7 Å². The fraction of sp³-hybridized carbons (Fsp3) is 0.933. The van der Waals surface area contributed by atoms with E-state index in [0.29, 0.717) is 5.92 Å². The molecule has 3 heteroatoms. The Kier molecular flexibility index (Phi) is 11.4. The molecule has 0 spiro atoms. The van der Waals surface area contributed by atoms with Crippen molar-refractivity contribution in [3.8, 4) is 0 Å². The highest BCUT2D eigenvalue weighted by Gasteiger charge is 2.28. The first-order chi connectivity index (χ1) is 8.38. The zero-order valence-corrected chi connectivity index (χ0v) is 13.6. The summed E-state index contributed by atoms with van der Waals surface area (Å²) in [5.41, 5.74) is -0.316. The van der Waals surface area contributed by atoms with Crippen LogP contribution in [0.4, 0.5) is 0 Å². The first kappa shape index (κ1) is 19.8. The number of nitrogens with one attached hydrogen (secondary N) is 1. The van der Waals surface area contributed by atoms with Gasteiger partial charge in [-0.2, -0.15) is 0 Å². The molecule has 0 amide bonds. The number of ether oxygens (including phenoxy) is 1. The summed E-state index contributed by atoms with van der Waals surface area (Å²) < 4.78 is 5.59. The van der Waals surface area contributed by atoms with Crippen molar-refractivity contribution in [2.24, 2.45) is 5.92 Å². The summed E-state index contributed by atoms with van der Waals surface area (Å²) in [4.78, 5) is 12.0. The molecule has 0 saturated carbocycles. The van der Waals surface area contributed by atoms with Gasteiger partial charge in [-0.25, -0.2) is 0 Å². The minimum atomic E-state index is -0.316. The summed E-state index contributed by atoms with van der Waals surface area (Å²) in [6, 6.07) is -0.183. The predicted molar refractivity (Wildman–Crippen MR) is 78.7 cm³/mol. The van der Waals surface area contributed by atoms with E-state index >= 15 is 0 Å². The Morgan fingerprint density at radius 1 is 1.22 bits per heavy atom. The lowest BCUT2D eigenvalue weighted by Gasteiger charge is -2.29. The van der Waals surface area contributed by atoms with E-state index in [1.54, 1.807) is 0 Å². The van der Waals surface area contributed by atoms with Crippen LogP contribution in [-0.2, 0) is 9.53 Å². The van der Waals surface area contributed by atoms with E-state index in [-0.39, 0.29) is 17.6 Å². The number of rotatable bonds is 7. The molecular weight excluding hydrogens is 226 g/mol. The molecule has 0 bridgehead atoms. The normalized spacial score (nSPS) is 12.7. The molecule has 1 N–H and O–H groups in total. The lowest BCUT2D eigenvalue weighted by molar-refractivity contribution is -0.161. The summed E-state index contributed by atoms with van der Waals surface area (Å²) in [5.74, 6) is 0.363. The van der Waals surface area contributed by atoms with Crippen LogP contribution in [0.25, 0.3) is 0 Å². The average molecular weight is 259 g/mol. The van der Waals surface area contributed by atoms with Crippen molar-refractivity contribution in [2.45, 2.75) is 79.4 Å². The van der Waals surface area contributed by atoms with Crippen molar-refractivity contribution in [3.05, 3.63) is 0 Å². The van der Waals surface area contributed by atoms with Crippen LogP contribution in [-0.4, -0.2) is 24.7 Å². The zero-order valence-electron chi connectivity index (χ0n) is 13.6. The van der Waals surface area contributed by atoms with E-state index in [9.17, 15) is 4.79 Å². The Morgan fingerprint density at radius 2 is 1.67 bits per heavy atom. The highest BCUT2D eigenvalue weighted by atomic mass is 16.6. The highest BCUT2D eigenvalue weighted by molar-refractivity contribution is 5.76. The second kappa shape index (κ2) is 10.4. The number of likely N-dealkylation sites (N-methyl/N-ethyl adjacent to an activating group) is 1. The Hall–Kier alpha value is -0.570. The first-order valence-electron chi connectivity index (χ1n) is 7.28. The van der Waals surface area contributed by atoms with E-state index < -0.39 is 0 Å². The molecule has 18 heavy (non-hydrogen) atoms. The Bertz CT molecular complexity index is 211. The molecule has 0 aliphatic carbocycles. The molecule has 0 aliphatic rings. The fourth-order valence-electron chi connectivity index (χ4n) is 1.51. The predicted octanol–water partition coefficient (Wildman–Crippen LogP) is 3.77. The summed E-state index contributed by atoms with van der Waals surface area (Å²) in [7, 11) is 1.81. The summed E-state index contributed by atoms with van der Waals surface area (Å²) in [5, 5.41) is 3.03. The van der Waals surface area contributed by atoms with Crippen LogP contribution >= 0.6 is 0 Å². The minimum absolute atomic E-state index is 0.123. The molecule has 0 radical (unpaired) electrons. The topological polar surface area (TPSA) is 38.3 Å². The molecular formula is C15H33NO2. The van der Waals surface area contributed by atoms with Crippen LogP contribution in [0, 0.1) is 5.92 Å². The molecule has 1 atom stereocenters. The zero-order chi connectivity index (χ0) is 14.8. The maximum atomic E-state index is 12.0. The molecule has 0 aromatic heterocycles. The van der Waals surface area contributed by atoms with Gasteiger partial charge in [0.1, 0.15) is 11.6 Å². The molecule has 0 saturated heterocycles. The van der Waals surface area contributed by atoms with E-state index in [1.165, 1.54) is 0 Å². The van der Waals surface area contributed by atoms with Crippen molar-refractivity contribution in [1.29, 1.82) is 0 Å². The van der Waals surface area contributed by atoms with Crippen LogP contribution in [0.3, 0.4) is 0 Å². The number of carbonyl (C=O) groups excluding carboxylic acids is 1. The van der Waals surface area contributed by atoms with Gasteiger partial charge in [-0.3, -0.25) is 4.79 Å². The lowest BCUT2D eigenvalue weighted by atomic mass is 9.99. The highest BCUT2D eigenvalue weighted by Crippen LogP contribution is 2.21. The van der Waals surface area contributed by atoms with Crippen LogP contribution in [0.1, 0.15) is 67.7 Å². The quantitative estimate of drug-likeness (QED) is 0.707. The smallest absolute Gasteiger partial charge is 0.323 e. The molecule has 0 rings (SSSR count). The van der Waals surface area contributed by atoms with Crippen LogP contribution < -0.4 is 5.32 Å². The molecule has 0 aromatic rings. The lowest BCUT2D eigenvalue weighted by Crippen LogP contribution is -2.42. The van der Waals surface area contributed by atoms with Crippen molar-refractivity contribution >= 4 is 5.97 Å². The summed E-state index contributed by atoms with van der Waals surface area (Å²) in [6.07, 6.45) is 2.53. The van der Waals surface area contributed by atoms with Gasteiger partial charge in [-0.05, 0) is 39.2 Å². The van der Waals surface area contributed by atoms with E-state index in [0.717, 1.165) is 19.3 Å². The van der Waals surface area contributed by atoms with Gasteiger partial charge < -0.3 is 10.1 Å². The number of esters is 1. The maximum absolute atomic E-state index is 12.0. The molecule has 3 nitrogen and oxygen atoms in total. The third-order valence-electron chi connectivity index (χ3n) is 3.18. The molecule has 0 fully saturated rings. The van der Waals surface area contributed by atoms with E-state index in [2.05, 4.69) is 19.2 Å². The van der Waals surface area contributed by atoms with Crippen LogP contribution in [0.2, 0.25) is 0 Å². The van der Waals surface area contributed by atoms with Crippen molar-refractivity contribution in [2.75, 3.05) is 7.05 Å². The summed E-state index contributed by atoms with van der Waals surface area (Å²) >= 11 is 0. The van der Waals surface area contributed by atoms with Gasteiger partial charge in [0, 0.05) is 0 Å². The monoisotopic (exact) mass is 259 g/mol. The average Bonchev–Trinajstić information content (AvgIpc) is 2.37.